The molecule has 0 aliphatic rings. The topological polar surface area (TPSA) is 72.2 Å². The summed E-state index contributed by atoms with van der Waals surface area (Å²) in [6.45, 7) is 7.26. The molecule has 0 spiro atoms. The van der Waals surface area contributed by atoms with Crippen molar-refractivity contribution in [3.63, 3.8) is 0 Å². The minimum Gasteiger partial charge on any atom is -0.368 e. The first-order valence-electron chi connectivity index (χ1n) is 5.18. The fourth-order valence-electron chi connectivity index (χ4n) is 1.22. The maximum atomic E-state index is 11.4. The van der Waals surface area contributed by atoms with E-state index >= 15 is 0 Å². The van der Waals surface area contributed by atoms with E-state index in [1.165, 1.54) is 0 Å². The summed E-state index contributed by atoms with van der Waals surface area (Å²) in [5.41, 5.74) is 5.17. The normalized spacial score (nSPS) is 12.2. The number of primary amides is 1. The number of amides is 2. The summed E-state index contributed by atoms with van der Waals surface area (Å²) >= 11 is 0. The summed E-state index contributed by atoms with van der Waals surface area (Å²) in [5, 5.41) is 2.63. The van der Waals surface area contributed by atoms with E-state index in [9.17, 15) is 9.59 Å². The van der Waals surface area contributed by atoms with E-state index in [0.717, 1.165) is 12.8 Å². The summed E-state index contributed by atoms with van der Waals surface area (Å²) in [6.07, 6.45) is 3.72. The third-order valence-corrected chi connectivity index (χ3v) is 2.10. The van der Waals surface area contributed by atoms with Gasteiger partial charge in [-0.15, -0.1) is 6.58 Å². The molecule has 0 fully saturated rings. The maximum Gasteiger partial charge on any atom is 0.240 e. The molecule has 1 atom stereocenters. The maximum absolute atomic E-state index is 11.4. The van der Waals surface area contributed by atoms with Crippen molar-refractivity contribution in [2.45, 2.75) is 39.2 Å². The fourth-order valence-corrected chi connectivity index (χ4v) is 1.22. The predicted molar refractivity (Wildman–Crippen MR) is 60.0 cm³/mol. The van der Waals surface area contributed by atoms with Crippen molar-refractivity contribution in [3.05, 3.63) is 12.7 Å². The number of rotatable bonds is 7. The largest absolute Gasteiger partial charge is 0.368 e. The van der Waals surface area contributed by atoms with Crippen LogP contribution >= 0.6 is 0 Å². The average Bonchev–Trinajstić information content (AvgIpc) is 2.13. The van der Waals surface area contributed by atoms with Gasteiger partial charge in [-0.1, -0.05) is 19.9 Å². The zero-order valence-corrected chi connectivity index (χ0v) is 9.45. The number of unbranched alkanes of at least 4 members (excludes halogenated alkanes) is 1. The second-order valence-corrected chi connectivity index (χ2v) is 3.87. The van der Waals surface area contributed by atoms with Gasteiger partial charge in [0.1, 0.15) is 6.04 Å². The van der Waals surface area contributed by atoms with Gasteiger partial charge in [0.15, 0.2) is 0 Å². The van der Waals surface area contributed by atoms with Crippen molar-refractivity contribution in [2.75, 3.05) is 0 Å². The van der Waals surface area contributed by atoms with Gasteiger partial charge >= 0.3 is 0 Å². The Morgan fingerprint density at radius 2 is 2.07 bits per heavy atom. The third kappa shape index (κ3) is 5.88. The Balaban J connectivity index is 4.00. The van der Waals surface area contributed by atoms with Crippen LogP contribution in [-0.4, -0.2) is 17.9 Å². The van der Waals surface area contributed by atoms with Crippen LogP contribution in [0, 0.1) is 5.92 Å². The molecule has 0 saturated carbocycles. The Hall–Kier alpha value is -1.32. The van der Waals surface area contributed by atoms with Crippen LogP contribution in [0.3, 0.4) is 0 Å². The molecule has 4 nitrogen and oxygen atoms in total. The van der Waals surface area contributed by atoms with Gasteiger partial charge in [0, 0.05) is 6.42 Å². The molecule has 3 N–H and O–H groups in total. The lowest BCUT2D eigenvalue weighted by Gasteiger charge is -2.18. The monoisotopic (exact) mass is 212 g/mol. The molecule has 0 aromatic carbocycles. The van der Waals surface area contributed by atoms with E-state index in [4.69, 9.17) is 5.73 Å². The lowest BCUT2D eigenvalue weighted by atomic mass is 10.0. The average molecular weight is 212 g/mol. The smallest absolute Gasteiger partial charge is 0.240 e. The van der Waals surface area contributed by atoms with Crippen LogP contribution in [-0.2, 0) is 9.59 Å². The van der Waals surface area contributed by atoms with Crippen molar-refractivity contribution >= 4 is 11.8 Å². The summed E-state index contributed by atoms with van der Waals surface area (Å²) < 4.78 is 0. The Bertz CT molecular complexity index is 237. The van der Waals surface area contributed by atoms with Gasteiger partial charge in [-0.25, -0.2) is 0 Å². The molecule has 0 aliphatic carbocycles. The second kappa shape index (κ2) is 7.04. The minimum atomic E-state index is -0.568. The fraction of sp³-hybridized carbons (Fsp3) is 0.636. The summed E-state index contributed by atoms with van der Waals surface area (Å²) in [4.78, 5) is 22.4. The SMILES string of the molecule is C=CCCCC(=O)NC(C(N)=O)C(C)C. The van der Waals surface area contributed by atoms with Gasteiger partial charge in [0.2, 0.25) is 11.8 Å². The molecule has 1 unspecified atom stereocenters. The zero-order valence-electron chi connectivity index (χ0n) is 9.45. The first kappa shape index (κ1) is 13.7. The number of carbonyl (C=O) groups is 2. The molecule has 0 bridgehead atoms. The molecule has 0 rings (SSSR count). The Kier molecular flexibility index (Phi) is 6.42. The summed E-state index contributed by atoms with van der Waals surface area (Å²) in [5.74, 6) is -0.595. The molecule has 0 aromatic heterocycles. The molecule has 15 heavy (non-hydrogen) atoms. The third-order valence-electron chi connectivity index (χ3n) is 2.10. The van der Waals surface area contributed by atoms with Crippen LogP contribution in [0.15, 0.2) is 12.7 Å². The predicted octanol–water partition coefficient (Wildman–Crippen LogP) is 0.969. The van der Waals surface area contributed by atoms with Crippen molar-refractivity contribution < 1.29 is 9.59 Å². The molecule has 0 radical (unpaired) electrons. The molecule has 86 valence electrons. The van der Waals surface area contributed by atoms with Gasteiger partial charge in [-0.3, -0.25) is 9.59 Å². The summed E-state index contributed by atoms with van der Waals surface area (Å²) in [7, 11) is 0. The highest BCUT2D eigenvalue weighted by Gasteiger charge is 2.20. The lowest BCUT2D eigenvalue weighted by Crippen LogP contribution is -2.47. The molecule has 2 amide bonds. The first-order chi connectivity index (χ1) is 6.99. The van der Waals surface area contributed by atoms with Crippen LogP contribution in [0.4, 0.5) is 0 Å². The van der Waals surface area contributed by atoms with E-state index < -0.39 is 11.9 Å². The van der Waals surface area contributed by atoms with Crippen molar-refractivity contribution in [2.24, 2.45) is 11.7 Å². The van der Waals surface area contributed by atoms with Crippen LogP contribution in [0.5, 0.6) is 0 Å². The van der Waals surface area contributed by atoms with Crippen molar-refractivity contribution in [1.29, 1.82) is 0 Å². The number of hydrogen-bond donors (Lipinski definition) is 2. The van der Waals surface area contributed by atoms with Gasteiger partial charge in [0.25, 0.3) is 0 Å². The Morgan fingerprint density at radius 3 is 2.47 bits per heavy atom. The summed E-state index contributed by atoms with van der Waals surface area (Å²) in [6, 6.07) is -0.568. The molecular weight excluding hydrogens is 192 g/mol. The molecular formula is C11H20N2O2. The van der Waals surface area contributed by atoms with E-state index in [2.05, 4.69) is 11.9 Å². The van der Waals surface area contributed by atoms with E-state index in [1.54, 1.807) is 6.08 Å². The quantitative estimate of drug-likeness (QED) is 0.487. The molecule has 0 saturated heterocycles. The Morgan fingerprint density at radius 1 is 1.47 bits per heavy atom. The molecule has 0 heterocycles. The highest BCUT2D eigenvalue weighted by atomic mass is 16.2. The van der Waals surface area contributed by atoms with Crippen molar-refractivity contribution in [3.8, 4) is 0 Å². The van der Waals surface area contributed by atoms with Gasteiger partial charge in [0.05, 0.1) is 0 Å². The highest BCUT2D eigenvalue weighted by molar-refractivity contribution is 5.86. The molecule has 0 aromatic rings. The van der Waals surface area contributed by atoms with E-state index in [1.807, 2.05) is 13.8 Å². The number of allylic oxidation sites excluding steroid dienone is 1. The number of carbonyl (C=O) groups excluding carboxylic acids is 2. The van der Waals surface area contributed by atoms with Gasteiger partial charge in [-0.05, 0) is 18.8 Å². The van der Waals surface area contributed by atoms with E-state index in [0.29, 0.717) is 6.42 Å². The van der Waals surface area contributed by atoms with Crippen LogP contribution in [0.2, 0.25) is 0 Å². The Labute approximate surface area is 90.9 Å². The van der Waals surface area contributed by atoms with Crippen LogP contribution < -0.4 is 11.1 Å². The number of hydrogen-bond acceptors (Lipinski definition) is 2. The minimum absolute atomic E-state index is 0.0193. The first-order valence-corrected chi connectivity index (χ1v) is 5.18. The van der Waals surface area contributed by atoms with Gasteiger partial charge < -0.3 is 11.1 Å². The van der Waals surface area contributed by atoms with Crippen molar-refractivity contribution in [1.82, 2.24) is 5.32 Å². The number of nitrogens with one attached hydrogen (secondary N) is 1. The van der Waals surface area contributed by atoms with Crippen LogP contribution in [0.25, 0.3) is 0 Å². The molecule has 4 heteroatoms. The molecule has 0 aliphatic heterocycles. The standard InChI is InChI=1S/C11H20N2O2/c1-4-5-6-7-9(14)13-10(8(2)3)11(12)15/h4,8,10H,1,5-7H2,2-3H3,(H2,12,15)(H,13,14). The van der Waals surface area contributed by atoms with Gasteiger partial charge in [-0.2, -0.15) is 0 Å². The second-order valence-electron chi connectivity index (χ2n) is 3.87. The zero-order chi connectivity index (χ0) is 11.8. The van der Waals surface area contributed by atoms with E-state index in [-0.39, 0.29) is 11.8 Å². The highest BCUT2D eigenvalue weighted by Crippen LogP contribution is 2.02. The van der Waals surface area contributed by atoms with Crippen LogP contribution in [0.1, 0.15) is 33.1 Å². The number of nitrogens with two attached hydrogens (primary N) is 1. The lowest BCUT2D eigenvalue weighted by molar-refractivity contribution is -0.128.